The SMILES string of the molecule is C=C/C=C(\N)c1ccc(-c2c3ccccc3c(-c3ccc(Nc4ccccc4N)cc3)c3ccccc23)cc1. The number of nitrogen functional groups attached to an aromatic ring is 1. The van der Waals surface area contributed by atoms with Gasteiger partial charge in [-0.05, 0) is 79.7 Å². The maximum atomic E-state index is 6.20. The van der Waals surface area contributed by atoms with Crippen LogP contribution in [0.1, 0.15) is 5.56 Å². The number of allylic oxidation sites excluding steroid dienone is 2. The second-order valence-electron chi connectivity index (χ2n) is 9.57. The first kappa shape index (κ1) is 24.1. The Morgan fingerprint density at radius 3 is 1.54 bits per heavy atom. The highest BCUT2D eigenvalue weighted by molar-refractivity contribution is 6.21. The molecule has 0 aliphatic rings. The highest BCUT2D eigenvalue weighted by Crippen LogP contribution is 2.43. The molecule has 5 N–H and O–H groups in total. The van der Waals surface area contributed by atoms with Crippen LogP contribution in [0.2, 0.25) is 0 Å². The van der Waals surface area contributed by atoms with E-state index in [1.807, 2.05) is 30.3 Å². The van der Waals surface area contributed by atoms with Gasteiger partial charge in [0.15, 0.2) is 0 Å². The van der Waals surface area contributed by atoms with Crippen LogP contribution in [0, 0.1) is 0 Å². The monoisotopic (exact) mass is 503 g/mol. The zero-order chi connectivity index (χ0) is 26.8. The van der Waals surface area contributed by atoms with Gasteiger partial charge in [0.25, 0.3) is 0 Å². The molecule has 6 rings (SSSR count). The van der Waals surface area contributed by atoms with E-state index in [1.165, 1.54) is 38.2 Å². The molecule has 0 amide bonds. The third-order valence-corrected chi connectivity index (χ3v) is 7.15. The molecular formula is C36H29N3. The summed E-state index contributed by atoms with van der Waals surface area (Å²) in [6.07, 6.45) is 3.53. The van der Waals surface area contributed by atoms with Crippen LogP contribution < -0.4 is 16.8 Å². The number of hydrogen-bond donors (Lipinski definition) is 3. The van der Waals surface area contributed by atoms with E-state index >= 15 is 0 Å². The molecule has 0 unspecified atom stereocenters. The van der Waals surface area contributed by atoms with Crippen LogP contribution in [0.25, 0.3) is 49.5 Å². The van der Waals surface area contributed by atoms with Crippen molar-refractivity contribution >= 4 is 44.3 Å². The topological polar surface area (TPSA) is 64.1 Å². The zero-order valence-corrected chi connectivity index (χ0v) is 21.6. The van der Waals surface area contributed by atoms with Crippen LogP contribution in [0.4, 0.5) is 17.1 Å². The first-order valence-electron chi connectivity index (χ1n) is 13.0. The fourth-order valence-corrected chi connectivity index (χ4v) is 5.29. The number of nitrogens with two attached hydrogens (primary N) is 2. The minimum atomic E-state index is 0.703. The summed E-state index contributed by atoms with van der Waals surface area (Å²) in [5.41, 5.74) is 21.4. The molecule has 0 aromatic heterocycles. The van der Waals surface area contributed by atoms with E-state index < -0.39 is 0 Å². The van der Waals surface area contributed by atoms with Crippen molar-refractivity contribution in [3.8, 4) is 22.3 Å². The maximum absolute atomic E-state index is 6.20. The van der Waals surface area contributed by atoms with E-state index in [9.17, 15) is 0 Å². The molecule has 6 aromatic rings. The van der Waals surface area contributed by atoms with Crippen LogP contribution in [0.15, 0.2) is 140 Å². The van der Waals surface area contributed by atoms with E-state index in [0.717, 1.165) is 28.2 Å². The summed E-state index contributed by atoms with van der Waals surface area (Å²) in [5.74, 6) is 0. The van der Waals surface area contributed by atoms with Gasteiger partial charge in [0.1, 0.15) is 0 Å². The van der Waals surface area contributed by atoms with Gasteiger partial charge < -0.3 is 16.8 Å². The van der Waals surface area contributed by atoms with E-state index in [2.05, 4.69) is 109 Å². The van der Waals surface area contributed by atoms with E-state index in [0.29, 0.717) is 5.70 Å². The summed E-state index contributed by atoms with van der Waals surface area (Å²) in [7, 11) is 0. The molecule has 3 heteroatoms. The Balaban J connectivity index is 1.50. The average Bonchev–Trinajstić information content (AvgIpc) is 2.98. The van der Waals surface area contributed by atoms with Crippen LogP contribution >= 0.6 is 0 Å². The molecule has 3 nitrogen and oxygen atoms in total. The Morgan fingerprint density at radius 2 is 1.05 bits per heavy atom. The Kier molecular flexibility index (Phi) is 6.32. The normalized spacial score (nSPS) is 11.5. The second kappa shape index (κ2) is 10.2. The van der Waals surface area contributed by atoms with E-state index in [1.54, 1.807) is 6.08 Å². The predicted molar refractivity (Wildman–Crippen MR) is 169 cm³/mol. The van der Waals surface area contributed by atoms with Gasteiger partial charge in [0.05, 0.1) is 11.4 Å². The average molecular weight is 504 g/mol. The largest absolute Gasteiger partial charge is 0.398 e. The minimum absolute atomic E-state index is 0.703. The lowest BCUT2D eigenvalue weighted by atomic mass is 9.86. The number of anilines is 3. The summed E-state index contributed by atoms with van der Waals surface area (Å²) in [4.78, 5) is 0. The number of rotatable bonds is 6. The number of hydrogen-bond acceptors (Lipinski definition) is 3. The van der Waals surface area contributed by atoms with Gasteiger partial charge in [-0.2, -0.15) is 0 Å². The standard InChI is InChI=1S/C36H29N3/c1-2-9-32(37)24-16-18-25(19-17-24)35-28-10-3-5-12-30(28)36(31-13-6-4-11-29(31)35)26-20-22-27(23-21-26)39-34-15-8-7-14-33(34)38/h2-23,39H,1,37-38H2/b32-9-. The van der Waals surface area contributed by atoms with Crippen molar-refractivity contribution in [3.63, 3.8) is 0 Å². The van der Waals surface area contributed by atoms with Gasteiger partial charge in [-0.25, -0.2) is 0 Å². The fourth-order valence-electron chi connectivity index (χ4n) is 5.29. The first-order chi connectivity index (χ1) is 19.1. The second-order valence-corrected chi connectivity index (χ2v) is 9.57. The molecule has 0 heterocycles. The molecule has 0 atom stereocenters. The Bertz CT molecular complexity index is 1790. The van der Waals surface area contributed by atoms with E-state index in [4.69, 9.17) is 11.5 Å². The highest BCUT2D eigenvalue weighted by Gasteiger charge is 2.16. The van der Waals surface area contributed by atoms with Gasteiger partial charge in [-0.15, -0.1) is 0 Å². The van der Waals surface area contributed by atoms with Crippen LogP contribution in [-0.4, -0.2) is 0 Å². The Hall–Kier alpha value is -5.28. The maximum Gasteiger partial charge on any atom is 0.0617 e. The molecule has 0 fully saturated rings. The smallest absolute Gasteiger partial charge is 0.0617 e. The molecule has 188 valence electrons. The van der Waals surface area contributed by atoms with Crippen molar-refractivity contribution in [2.75, 3.05) is 11.1 Å². The molecule has 39 heavy (non-hydrogen) atoms. The lowest BCUT2D eigenvalue weighted by Gasteiger charge is -2.18. The Labute approximate surface area is 228 Å². The fraction of sp³-hybridized carbons (Fsp3) is 0. The summed E-state index contributed by atoms with van der Waals surface area (Å²) in [5, 5.41) is 8.30. The molecule has 0 spiro atoms. The molecule has 0 saturated heterocycles. The predicted octanol–water partition coefficient (Wildman–Crippen LogP) is 9.14. The van der Waals surface area contributed by atoms with Gasteiger partial charge in [0.2, 0.25) is 0 Å². The van der Waals surface area contributed by atoms with E-state index in [-0.39, 0.29) is 0 Å². The quantitative estimate of drug-likeness (QED) is 0.121. The Morgan fingerprint density at radius 1 is 0.590 bits per heavy atom. The summed E-state index contributed by atoms with van der Waals surface area (Å²) >= 11 is 0. The molecule has 0 saturated carbocycles. The molecular weight excluding hydrogens is 474 g/mol. The number of nitrogens with one attached hydrogen (secondary N) is 1. The number of benzene rings is 6. The van der Waals surface area contributed by atoms with Crippen molar-refractivity contribution in [2.24, 2.45) is 5.73 Å². The van der Waals surface area contributed by atoms with Gasteiger partial charge in [0, 0.05) is 11.4 Å². The highest BCUT2D eigenvalue weighted by atomic mass is 14.9. The van der Waals surface area contributed by atoms with Gasteiger partial charge in [-0.1, -0.05) is 110 Å². The van der Waals surface area contributed by atoms with Crippen LogP contribution in [-0.2, 0) is 0 Å². The molecule has 0 bridgehead atoms. The molecule has 0 aliphatic carbocycles. The van der Waals surface area contributed by atoms with Crippen LogP contribution in [0.3, 0.4) is 0 Å². The third kappa shape index (κ3) is 4.51. The van der Waals surface area contributed by atoms with Crippen molar-refractivity contribution in [1.29, 1.82) is 0 Å². The van der Waals surface area contributed by atoms with Gasteiger partial charge in [-0.3, -0.25) is 0 Å². The zero-order valence-electron chi connectivity index (χ0n) is 21.6. The summed E-state index contributed by atoms with van der Waals surface area (Å²) in [6, 6.07) is 42.2. The van der Waals surface area contributed by atoms with Crippen molar-refractivity contribution in [2.45, 2.75) is 0 Å². The van der Waals surface area contributed by atoms with Crippen molar-refractivity contribution in [1.82, 2.24) is 0 Å². The first-order valence-corrected chi connectivity index (χ1v) is 13.0. The molecule has 6 aromatic carbocycles. The van der Waals surface area contributed by atoms with Gasteiger partial charge >= 0.3 is 0 Å². The van der Waals surface area contributed by atoms with Crippen molar-refractivity contribution < 1.29 is 0 Å². The summed E-state index contributed by atoms with van der Waals surface area (Å²) in [6.45, 7) is 3.75. The number of fused-ring (bicyclic) bond motifs is 2. The lowest BCUT2D eigenvalue weighted by molar-refractivity contribution is 1.51. The third-order valence-electron chi connectivity index (χ3n) is 7.15. The summed E-state index contributed by atoms with van der Waals surface area (Å²) < 4.78 is 0. The van der Waals surface area contributed by atoms with Crippen LogP contribution in [0.5, 0.6) is 0 Å². The minimum Gasteiger partial charge on any atom is -0.398 e. The number of para-hydroxylation sites is 2. The lowest BCUT2D eigenvalue weighted by Crippen LogP contribution is -1.96. The van der Waals surface area contributed by atoms with Crippen molar-refractivity contribution in [3.05, 3.63) is 146 Å². The molecule has 0 aliphatic heterocycles. The molecule has 0 radical (unpaired) electrons.